The van der Waals surface area contributed by atoms with E-state index in [0.29, 0.717) is 0 Å². The third kappa shape index (κ3) is 3.67. The summed E-state index contributed by atoms with van der Waals surface area (Å²) < 4.78 is 38.3. The predicted molar refractivity (Wildman–Crippen MR) is 68.9 cm³/mol. The van der Waals surface area contributed by atoms with Crippen LogP contribution in [0.3, 0.4) is 0 Å². The maximum atomic E-state index is 12.8. The molecule has 0 aromatic heterocycles. The summed E-state index contributed by atoms with van der Waals surface area (Å²) >= 11 is 0. The number of aliphatic carboxylic acids is 1. The molecule has 0 heterocycles. The van der Waals surface area contributed by atoms with E-state index >= 15 is 0 Å². The minimum absolute atomic E-state index is 0.0229. The first-order valence-corrected chi connectivity index (χ1v) is 5.87. The number of para-hydroxylation sites is 1. The maximum absolute atomic E-state index is 12.8. The van der Waals surface area contributed by atoms with Crippen molar-refractivity contribution in [3.05, 3.63) is 29.3 Å². The van der Waals surface area contributed by atoms with Gasteiger partial charge in [-0.2, -0.15) is 13.2 Å². The largest absolute Gasteiger partial charge is 0.481 e. The Labute approximate surface area is 114 Å². The van der Waals surface area contributed by atoms with E-state index in [1.54, 1.807) is 6.92 Å². The molecule has 108 valence electrons. The Morgan fingerprint density at radius 3 is 2.60 bits per heavy atom. The van der Waals surface area contributed by atoms with Crippen molar-refractivity contribution in [2.75, 3.05) is 5.73 Å². The molecule has 0 saturated heterocycles. The van der Waals surface area contributed by atoms with Crippen LogP contribution in [0.15, 0.2) is 18.2 Å². The summed E-state index contributed by atoms with van der Waals surface area (Å²) in [6.07, 6.45) is -4.21. The van der Waals surface area contributed by atoms with E-state index < -0.39 is 29.3 Å². The zero-order valence-electron chi connectivity index (χ0n) is 10.8. The van der Waals surface area contributed by atoms with Crippen LogP contribution >= 0.6 is 0 Å². The molecule has 1 aromatic rings. The highest BCUT2D eigenvalue weighted by atomic mass is 19.4. The maximum Gasteiger partial charge on any atom is 0.418 e. The van der Waals surface area contributed by atoms with Crippen molar-refractivity contribution < 1.29 is 23.1 Å². The molecule has 0 aliphatic rings. The van der Waals surface area contributed by atoms with Gasteiger partial charge < -0.3 is 10.8 Å². The highest BCUT2D eigenvalue weighted by Crippen LogP contribution is 2.38. The molecule has 1 unspecified atom stereocenters. The fourth-order valence-electron chi connectivity index (χ4n) is 1.89. The molecule has 1 aromatic carbocycles. The van der Waals surface area contributed by atoms with Crippen LogP contribution in [-0.2, 0) is 11.0 Å². The molecule has 0 radical (unpaired) electrons. The molecule has 0 fully saturated rings. The van der Waals surface area contributed by atoms with Gasteiger partial charge in [0.15, 0.2) is 0 Å². The van der Waals surface area contributed by atoms with Crippen LogP contribution in [0.5, 0.6) is 0 Å². The lowest BCUT2D eigenvalue weighted by atomic mass is 9.91. The van der Waals surface area contributed by atoms with E-state index in [1.165, 1.54) is 6.07 Å². The number of nitrogens with two attached hydrogens (primary N) is 1. The average molecular weight is 285 g/mol. The van der Waals surface area contributed by atoms with Crippen molar-refractivity contribution in [1.29, 1.82) is 0 Å². The lowest BCUT2D eigenvalue weighted by molar-refractivity contribution is -0.140. The topological polar surface area (TPSA) is 63.3 Å². The Morgan fingerprint density at radius 1 is 1.45 bits per heavy atom. The Bertz CT molecular complexity index is 556. The third-order valence-corrected chi connectivity index (χ3v) is 2.85. The Morgan fingerprint density at radius 2 is 2.10 bits per heavy atom. The number of nitrogen functional groups attached to an aromatic ring is 1. The van der Waals surface area contributed by atoms with Gasteiger partial charge in [-0.3, -0.25) is 4.79 Å². The average Bonchev–Trinajstić information content (AvgIpc) is 2.34. The lowest BCUT2D eigenvalue weighted by Gasteiger charge is -2.17. The van der Waals surface area contributed by atoms with Gasteiger partial charge in [0.25, 0.3) is 0 Å². The second kappa shape index (κ2) is 6.33. The first kappa shape index (κ1) is 15.9. The number of alkyl halides is 3. The fraction of sp³-hybridized carbons (Fsp3) is 0.357. The van der Waals surface area contributed by atoms with Gasteiger partial charge in [0.1, 0.15) is 0 Å². The number of halogens is 3. The lowest BCUT2D eigenvalue weighted by Crippen LogP contribution is -2.17. The normalized spacial score (nSPS) is 12.4. The standard InChI is InChI=1S/C14H14F3NO2/c1-2-3-4-6-10(13(19)20)9-7-5-8-11(12(9)18)14(15,16)17/h5,7-8,10H,4,6,18H2,1H3,(H,19,20). The van der Waals surface area contributed by atoms with Gasteiger partial charge in [-0.05, 0) is 25.0 Å². The third-order valence-electron chi connectivity index (χ3n) is 2.85. The molecular formula is C14H14F3NO2. The number of carboxylic acid groups (broad SMARTS) is 1. The summed E-state index contributed by atoms with van der Waals surface area (Å²) in [6.45, 7) is 1.61. The number of hydrogen-bond acceptors (Lipinski definition) is 2. The number of benzene rings is 1. The molecule has 0 bridgehead atoms. The van der Waals surface area contributed by atoms with Crippen LogP contribution in [0.1, 0.15) is 36.8 Å². The molecule has 1 rings (SSSR count). The summed E-state index contributed by atoms with van der Waals surface area (Å²) in [5.74, 6) is 2.99. The van der Waals surface area contributed by atoms with Crippen molar-refractivity contribution in [2.45, 2.75) is 31.9 Å². The molecule has 3 N–H and O–H groups in total. The highest BCUT2D eigenvalue weighted by Gasteiger charge is 2.35. The fourth-order valence-corrected chi connectivity index (χ4v) is 1.89. The van der Waals surface area contributed by atoms with Gasteiger partial charge in [-0.15, -0.1) is 11.8 Å². The van der Waals surface area contributed by atoms with Crippen molar-refractivity contribution in [2.24, 2.45) is 0 Å². The van der Waals surface area contributed by atoms with Crippen LogP contribution in [0.4, 0.5) is 18.9 Å². The summed E-state index contributed by atoms with van der Waals surface area (Å²) in [4.78, 5) is 11.2. The molecule has 0 aliphatic heterocycles. The Hall–Kier alpha value is -2.16. The molecule has 0 aliphatic carbocycles. The zero-order valence-corrected chi connectivity index (χ0v) is 10.8. The first-order valence-electron chi connectivity index (χ1n) is 5.87. The first-order chi connectivity index (χ1) is 9.29. The van der Waals surface area contributed by atoms with Crippen LogP contribution in [0, 0.1) is 11.8 Å². The van der Waals surface area contributed by atoms with E-state index in [9.17, 15) is 18.0 Å². The molecule has 1 atom stereocenters. The van der Waals surface area contributed by atoms with Gasteiger partial charge in [0.05, 0.1) is 11.5 Å². The highest BCUT2D eigenvalue weighted by molar-refractivity contribution is 5.79. The van der Waals surface area contributed by atoms with Crippen molar-refractivity contribution in [1.82, 2.24) is 0 Å². The van der Waals surface area contributed by atoms with Gasteiger partial charge in [-0.1, -0.05) is 12.1 Å². The van der Waals surface area contributed by atoms with Gasteiger partial charge in [-0.25, -0.2) is 0 Å². The molecule has 3 nitrogen and oxygen atoms in total. The van der Waals surface area contributed by atoms with E-state index in [4.69, 9.17) is 10.8 Å². The number of carbonyl (C=O) groups is 1. The smallest absolute Gasteiger partial charge is 0.418 e. The molecular weight excluding hydrogens is 271 g/mol. The Balaban J connectivity index is 3.20. The van der Waals surface area contributed by atoms with Crippen LogP contribution < -0.4 is 5.73 Å². The summed E-state index contributed by atoms with van der Waals surface area (Å²) in [5, 5.41) is 9.16. The molecule has 0 amide bonds. The number of anilines is 1. The van der Waals surface area contributed by atoms with Gasteiger partial charge >= 0.3 is 12.1 Å². The number of rotatable bonds is 4. The zero-order chi connectivity index (χ0) is 15.3. The second-order valence-electron chi connectivity index (χ2n) is 4.16. The van der Waals surface area contributed by atoms with Gasteiger partial charge in [0, 0.05) is 12.1 Å². The van der Waals surface area contributed by atoms with E-state index in [2.05, 4.69) is 11.8 Å². The predicted octanol–water partition coefficient (Wildman–Crippen LogP) is 3.26. The summed E-state index contributed by atoms with van der Waals surface area (Å²) in [6, 6.07) is 3.31. The second-order valence-corrected chi connectivity index (χ2v) is 4.16. The van der Waals surface area contributed by atoms with Crippen LogP contribution in [-0.4, -0.2) is 11.1 Å². The molecule has 20 heavy (non-hydrogen) atoms. The molecule has 6 heteroatoms. The summed E-state index contributed by atoms with van der Waals surface area (Å²) in [5.41, 5.74) is 3.93. The number of carboxylic acids is 1. The summed E-state index contributed by atoms with van der Waals surface area (Å²) in [7, 11) is 0. The van der Waals surface area contributed by atoms with Crippen molar-refractivity contribution >= 4 is 11.7 Å². The minimum Gasteiger partial charge on any atom is -0.481 e. The quantitative estimate of drug-likeness (QED) is 0.659. The monoisotopic (exact) mass is 285 g/mol. The van der Waals surface area contributed by atoms with Crippen molar-refractivity contribution in [3.8, 4) is 11.8 Å². The Kier molecular flexibility index (Phi) is 5.03. The molecule has 0 saturated carbocycles. The van der Waals surface area contributed by atoms with Crippen molar-refractivity contribution in [3.63, 3.8) is 0 Å². The number of hydrogen-bond donors (Lipinski definition) is 2. The van der Waals surface area contributed by atoms with E-state index in [1.807, 2.05) is 0 Å². The van der Waals surface area contributed by atoms with Gasteiger partial charge in [0.2, 0.25) is 0 Å². The van der Waals surface area contributed by atoms with E-state index in [-0.39, 0.29) is 18.4 Å². The minimum atomic E-state index is -4.60. The SMILES string of the molecule is CC#CCCC(C(=O)O)c1cccc(C(F)(F)F)c1N. The van der Waals surface area contributed by atoms with Crippen LogP contribution in [0.25, 0.3) is 0 Å². The molecule has 0 spiro atoms. The van der Waals surface area contributed by atoms with E-state index in [0.717, 1.165) is 12.1 Å². The van der Waals surface area contributed by atoms with Crippen LogP contribution in [0.2, 0.25) is 0 Å².